The van der Waals surface area contributed by atoms with Gasteiger partial charge in [-0.15, -0.1) is 0 Å². The van der Waals surface area contributed by atoms with Crippen LogP contribution < -0.4 is 5.32 Å². The molecule has 1 atom stereocenters. The molecule has 2 aromatic rings. The van der Waals surface area contributed by atoms with Gasteiger partial charge in [-0.05, 0) is 51.7 Å². The molecule has 0 radical (unpaired) electrons. The van der Waals surface area contributed by atoms with Gasteiger partial charge in [0.25, 0.3) is 0 Å². The lowest BCUT2D eigenvalue weighted by molar-refractivity contribution is -0.138. The van der Waals surface area contributed by atoms with Crippen LogP contribution in [0.15, 0.2) is 78.4 Å². The minimum absolute atomic E-state index is 0.279. The molecule has 32 heavy (non-hydrogen) atoms. The Morgan fingerprint density at radius 1 is 1.00 bits per heavy atom. The van der Waals surface area contributed by atoms with Crippen molar-refractivity contribution in [1.82, 2.24) is 5.32 Å². The van der Waals surface area contributed by atoms with Crippen molar-refractivity contribution in [2.24, 2.45) is 0 Å². The van der Waals surface area contributed by atoms with Gasteiger partial charge in [0, 0.05) is 5.57 Å². The Morgan fingerprint density at radius 2 is 1.62 bits per heavy atom. The fourth-order valence-corrected chi connectivity index (χ4v) is 3.05. The minimum Gasteiger partial charge on any atom is -0.463 e. The summed E-state index contributed by atoms with van der Waals surface area (Å²) in [4.78, 5) is 25.1. The summed E-state index contributed by atoms with van der Waals surface area (Å²) in [6.45, 7) is 7.49. The first-order valence-electron chi connectivity index (χ1n) is 10.9. The number of benzene rings is 2. The number of carbonyl (C=O) groups excluding carboxylic acids is 2. The maximum atomic E-state index is 12.6. The molecule has 1 N–H and O–H groups in total. The second kappa shape index (κ2) is 12.5. The Labute approximate surface area is 191 Å². The van der Waals surface area contributed by atoms with E-state index in [0.717, 1.165) is 11.1 Å². The van der Waals surface area contributed by atoms with Crippen molar-refractivity contribution in [3.8, 4) is 0 Å². The van der Waals surface area contributed by atoms with E-state index in [2.05, 4.69) is 5.32 Å². The van der Waals surface area contributed by atoms with E-state index in [1.54, 1.807) is 13.0 Å². The van der Waals surface area contributed by atoms with Crippen molar-refractivity contribution >= 4 is 18.1 Å². The number of nitrogens with one attached hydrogen (secondary N) is 1. The molecule has 0 unspecified atom stereocenters. The van der Waals surface area contributed by atoms with Crippen molar-refractivity contribution in [3.63, 3.8) is 0 Å². The number of ether oxygens (including phenoxy) is 2. The van der Waals surface area contributed by atoms with Crippen LogP contribution in [0.4, 0.5) is 4.79 Å². The molecule has 0 aliphatic rings. The summed E-state index contributed by atoms with van der Waals surface area (Å²) < 4.78 is 10.7. The molecule has 170 valence electrons. The average Bonchev–Trinajstić information content (AvgIpc) is 2.73. The molecular formula is C27H33NO4. The van der Waals surface area contributed by atoms with Gasteiger partial charge in [0.2, 0.25) is 0 Å². The Hall–Kier alpha value is -3.34. The summed E-state index contributed by atoms with van der Waals surface area (Å²) in [5, 5.41) is 2.89. The molecule has 0 heterocycles. The molecule has 0 aliphatic heterocycles. The molecule has 0 saturated carbocycles. The minimum atomic E-state index is -0.618. The van der Waals surface area contributed by atoms with Crippen LogP contribution in [0.25, 0.3) is 6.08 Å². The lowest BCUT2D eigenvalue weighted by Gasteiger charge is -2.23. The third-order valence-corrected chi connectivity index (χ3v) is 4.39. The number of alkyl carbamates (subject to hydrolysis) is 1. The first kappa shape index (κ1) is 24.9. The highest BCUT2D eigenvalue weighted by molar-refractivity contribution is 5.89. The highest BCUT2D eigenvalue weighted by Crippen LogP contribution is 2.14. The monoisotopic (exact) mass is 435 g/mol. The van der Waals surface area contributed by atoms with E-state index in [1.165, 1.54) is 0 Å². The fourth-order valence-electron chi connectivity index (χ4n) is 3.05. The molecule has 0 saturated heterocycles. The summed E-state index contributed by atoms with van der Waals surface area (Å²) in [7, 11) is 0. The lowest BCUT2D eigenvalue weighted by Crippen LogP contribution is -2.39. The molecule has 2 rings (SSSR count). The predicted molar refractivity (Wildman–Crippen MR) is 128 cm³/mol. The third-order valence-electron chi connectivity index (χ3n) is 4.39. The van der Waals surface area contributed by atoms with Gasteiger partial charge in [-0.3, -0.25) is 0 Å². The molecule has 0 fully saturated rings. The Kier molecular flexibility index (Phi) is 9.74. The van der Waals surface area contributed by atoms with Crippen LogP contribution in [0.3, 0.4) is 0 Å². The van der Waals surface area contributed by atoms with Gasteiger partial charge in [-0.1, -0.05) is 78.9 Å². The fraction of sp³-hybridized carbons (Fsp3) is 0.333. The average molecular weight is 436 g/mol. The van der Waals surface area contributed by atoms with Gasteiger partial charge in [0.05, 0.1) is 12.6 Å². The second-order valence-electron chi connectivity index (χ2n) is 8.37. The maximum Gasteiger partial charge on any atom is 0.408 e. The normalized spacial score (nSPS) is 12.9. The van der Waals surface area contributed by atoms with Crippen LogP contribution >= 0.6 is 0 Å². The summed E-state index contributed by atoms with van der Waals surface area (Å²) in [6.07, 6.45) is 6.02. The number of esters is 1. The maximum absolute atomic E-state index is 12.6. The van der Waals surface area contributed by atoms with Gasteiger partial charge < -0.3 is 14.8 Å². The molecule has 0 aromatic heterocycles. The van der Waals surface area contributed by atoms with E-state index < -0.39 is 23.7 Å². The van der Waals surface area contributed by atoms with Crippen LogP contribution in [0.5, 0.6) is 0 Å². The highest BCUT2D eigenvalue weighted by atomic mass is 16.6. The van der Waals surface area contributed by atoms with Crippen LogP contribution in [-0.4, -0.2) is 30.3 Å². The summed E-state index contributed by atoms with van der Waals surface area (Å²) in [6, 6.07) is 19.2. The zero-order valence-electron chi connectivity index (χ0n) is 19.3. The van der Waals surface area contributed by atoms with Crippen LogP contribution in [-0.2, 0) is 20.7 Å². The van der Waals surface area contributed by atoms with Gasteiger partial charge in [0.15, 0.2) is 0 Å². The van der Waals surface area contributed by atoms with Crippen molar-refractivity contribution in [2.75, 3.05) is 6.61 Å². The zero-order valence-corrected chi connectivity index (χ0v) is 19.3. The van der Waals surface area contributed by atoms with Gasteiger partial charge >= 0.3 is 12.1 Å². The number of allylic oxidation sites excluding steroid dienone is 1. The number of amides is 1. The number of hydrogen-bond acceptors (Lipinski definition) is 4. The Balaban J connectivity index is 2.26. The number of rotatable bonds is 9. The largest absolute Gasteiger partial charge is 0.463 e. The molecule has 5 heteroatoms. The summed E-state index contributed by atoms with van der Waals surface area (Å²) in [5.74, 6) is -0.394. The highest BCUT2D eigenvalue weighted by Gasteiger charge is 2.20. The standard InChI is InChI=1S/C27H33NO4/c1-5-31-25(29)23(18-12-17-21-13-8-6-9-14-21)20-24(19-22-15-10-7-11-16-22)28-26(30)32-27(2,3)4/h6-17,20,24H,5,18-19H2,1-4H3,(H,28,30)/b17-12+,23-20+/t24-/m0/s1. The van der Waals surface area contributed by atoms with E-state index in [-0.39, 0.29) is 6.61 Å². The number of hydrogen-bond donors (Lipinski definition) is 1. The van der Waals surface area contributed by atoms with E-state index in [0.29, 0.717) is 18.4 Å². The van der Waals surface area contributed by atoms with Crippen LogP contribution in [0.2, 0.25) is 0 Å². The van der Waals surface area contributed by atoms with E-state index in [9.17, 15) is 9.59 Å². The van der Waals surface area contributed by atoms with Crippen molar-refractivity contribution in [3.05, 3.63) is 89.5 Å². The molecule has 0 bridgehead atoms. The topological polar surface area (TPSA) is 64.6 Å². The zero-order chi connectivity index (χ0) is 23.4. The predicted octanol–water partition coefficient (Wildman–Crippen LogP) is 5.72. The summed E-state index contributed by atoms with van der Waals surface area (Å²) >= 11 is 0. The Bertz CT molecular complexity index is 912. The van der Waals surface area contributed by atoms with Crippen LogP contribution in [0.1, 0.15) is 45.2 Å². The van der Waals surface area contributed by atoms with Gasteiger partial charge in [0.1, 0.15) is 5.60 Å². The molecule has 0 aliphatic carbocycles. The second-order valence-corrected chi connectivity index (χ2v) is 8.37. The lowest BCUT2D eigenvalue weighted by atomic mass is 10.0. The smallest absolute Gasteiger partial charge is 0.408 e. The van der Waals surface area contributed by atoms with E-state index in [1.807, 2.05) is 93.6 Å². The third kappa shape index (κ3) is 9.65. The molecule has 1 amide bonds. The van der Waals surface area contributed by atoms with E-state index >= 15 is 0 Å². The van der Waals surface area contributed by atoms with Crippen LogP contribution in [0, 0.1) is 0 Å². The first-order valence-corrected chi connectivity index (χ1v) is 10.9. The SMILES string of the molecule is CCOC(=O)/C(=C/[C@H](Cc1ccccc1)NC(=O)OC(C)(C)C)C/C=C/c1ccccc1. The van der Waals surface area contributed by atoms with E-state index in [4.69, 9.17) is 9.47 Å². The van der Waals surface area contributed by atoms with Gasteiger partial charge in [-0.2, -0.15) is 0 Å². The summed E-state index contributed by atoms with van der Waals surface area (Å²) in [5.41, 5.74) is 1.94. The molecule has 0 spiro atoms. The van der Waals surface area contributed by atoms with Crippen molar-refractivity contribution in [2.45, 2.75) is 52.2 Å². The Morgan fingerprint density at radius 3 is 2.22 bits per heavy atom. The first-order chi connectivity index (χ1) is 15.3. The number of carbonyl (C=O) groups is 2. The quantitative estimate of drug-likeness (QED) is 0.404. The molecule has 5 nitrogen and oxygen atoms in total. The molecule has 2 aromatic carbocycles. The molecular weight excluding hydrogens is 402 g/mol. The van der Waals surface area contributed by atoms with Gasteiger partial charge in [-0.25, -0.2) is 9.59 Å². The van der Waals surface area contributed by atoms with Crippen molar-refractivity contribution < 1.29 is 19.1 Å². The van der Waals surface area contributed by atoms with Crippen molar-refractivity contribution in [1.29, 1.82) is 0 Å².